The molecule has 2 aromatic rings. The maximum atomic E-state index is 11.0. The lowest BCUT2D eigenvalue weighted by atomic mass is 9.86. The first-order chi connectivity index (χ1) is 14.6. The molecule has 11 heteroatoms. The number of fused-ring (bicyclic) bond motifs is 1. The molecule has 10 nitrogen and oxygen atoms in total. The van der Waals surface area contributed by atoms with Crippen LogP contribution in [-0.4, -0.2) is 47.2 Å². The van der Waals surface area contributed by atoms with Gasteiger partial charge in [0.1, 0.15) is 6.33 Å². The van der Waals surface area contributed by atoms with Gasteiger partial charge in [0.25, 0.3) is 0 Å². The second-order valence-corrected chi connectivity index (χ2v) is 10.1. The molecule has 1 fully saturated rings. The van der Waals surface area contributed by atoms with Crippen molar-refractivity contribution in [3.05, 3.63) is 41.7 Å². The normalized spacial score (nSPS) is 27.1. The highest BCUT2D eigenvalue weighted by molar-refractivity contribution is 7.84. The molecule has 0 saturated heterocycles. The zero-order valence-corrected chi connectivity index (χ0v) is 18.3. The second kappa shape index (κ2) is 8.30. The zero-order valence-electron chi connectivity index (χ0n) is 17.5. The van der Waals surface area contributed by atoms with Crippen molar-refractivity contribution in [3.8, 4) is 0 Å². The van der Waals surface area contributed by atoms with Crippen LogP contribution in [0.15, 0.2) is 30.6 Å². The van der Waals surface area contributed by atoms with E-state index < -0.39 is 16.4 Å². The summed E-state index contributed by atoms with van der Waals surface area (Å²) < 4.78 is 26.6. The Morgan fingerprint density at radius 1 is 1.19 bits per heavy atom. The Labute approximate surface area is 181 Å². The Bertz CT molecular complexity index is 1050. The molecule has 2 aliphatic rings. The fourth-order valence-electron chi connectivity index (χ4n) is 4.63. The lowest BCUT2D eigenvalue weighted by Crippen LogP contribution is -2.24. The highest BCUT2D eigenvalue weighted by Gasteiger charge is 2.37. The molecule has 0 unspecified atom stereocenters. The van der Waals surface area contributed by atoms with Crippen LogP contribution >= 0.6 is 0 Å². The van der Waals surface area contributed by atoms with E-state index in [1.807, 2.05) is 6.07 Å². The molecule has 4 atom stereocenters. The van der Waals surface area contributed by atoms with Gasteiger partial charge in [0.05, 0.1) is 18.8 Å². The summed E-state index contributed by atoms with van der Waals surface area (Å²) in [5.41, 5.74) is 2.64. The van der Waals surface area contributed by atoms with Crippen molar-refractivity contribution in [1.82, 2.24) is 15.0 Å². The minimum atomic E-state index is -4.03. The van der Waals surface area contributed by atoms with Crippen molar-refractivity contribution in [3.63, 3.8) is 0 Å². The summed E-state index contributed by atoms with van der Waals surface area (Å²) in [6, 6.07) is 8.38. The van der Waals surface area contributed by atoms with Gasteiger partial charge >= 0.3 is 10.3 Å². The molecule has 31 heavy (non-hydrogen) atoms. The Morgan fingerprint density at radius 2 is 1.90 bits per heavy atom. The van der Waals surface area contributed by atoms with Crippen LogP contribution in [0.25, 0.3) is 0 Å². The molecule has 5 N–H and O–H groups in total. The monoisotopic (exact) mass is 448 g/mol. The third-order valence-electron chi connectivity index (χ3n) is 6.09. The molecule has 0 amide bonds. The Morgan fingerprint density at radius 3 is 2.65 bits per heavy atom. The third kappa shape index (κ3) is 5.12. The number of aromatic nitrogens is 3. The summed E-state index contributed by atoms with van der Waals surface area (Å²) in [7, 11) is -4.03. The van der Waals surface area contributed by atoms with Gasteiger partial charge in [0.2, 0.25) is 11.9 Å². The maximum Gasteiger partial charge on any atom is 0.333 e. The van der Waals surface area contributed by atoms with Crippen molar-refractivity contribution in [2.75, 3.05) is 17.2 Å². The van der Waals surface area contributed by atoms with Gasteiger partial charge < -0.3 is 15.7 Å². The van der Waals surface area contributed by atoms with Gasteiger partial charge in [0, 0.05) is 12.0 Å². The number of nitrogens with two attached hydrogens (primary N) is 1. The van der Waals surface area contributed by atoms with E-state index in [1.165, 1.54) is 17.5 Å². The average molecular weight is 449 g/mol. The SMILES string of the molecule is CC1(C)C[C@H](Nc2ncnc(N[C@@H]3C[C@@H](COS(N)(=O)=O)[C@@H](O)C3)n2)c2ccccc21. The Kier molecular flexibility index (Phi) is 5.86. The predicted octanol–water partition coefficient (Wildman–Crippen LogP) is 1.48. The van der Waals surface area contributed by atoms with Gasteiger partial charge in [-0.25, -0.2) is 15.1 Å². The molecule has 0 aliphatic heterocycles. The number of nitrogens with zero attached hydrogens (tertiary/aromatic N) is 3. The van der Waals surface area contributed by atoms with E-state index >= 15 is 0 Å². The van der Waals surface area contributed by atoms with Crippen LogP contribution in [0.5, 0.6) is 0 Å². The highest BCUT2D eigenvalue weighted by Crippen LogP contribution is 2.45. The van der Waals surface area contributed by atoms with Crippen LogP contribution in [0.2, 0.25) is 0 Å². The van der Waals surface area contributed by atoms with Gasteiger partial charge in [-0.15, -0.1) is 0 Å². The maximum absolute atomic E-state index is 11.0. The molecule has 1 saturated carbocycles. The van der Waals surface area contributed by atoms with Crippen molar-refractivity contribution in [2.24, 2.45) is 11.1 Å². The molecule has 0 bridgehead atoms. The fourth-order valence-corrected chi connectivity index (χ4v) is 5.00. The number of aliphatic hydroxyl groups excluding tert-OH is 1. The second-order valence-electron chi connectivity index (χ2n) is 8.92. The Hall–Kier alpha value is -2.34. The summed E-state index contributed by atoms with van der Waals surface area (Å²) in [5, 5.41) is 21.7. The molecule has 1 aromatic carbocycles. The van der Waals surface area contributed by atoms with Crippen LogP contribution in [0.1, 0.15) is 50.3 Å². The molecule has 1 heterocycles. The van der Waals surface area contributed by atoms with E-state index in [4.69, 9.17) is 5.14 Å². The number of aliphatic hydroxyl groups is 1. The minimum Gasteiger partial charge on any atom is -0.393 e. The van der Waals surface area contributed by atoms with E-state index in [2.05, 4.69) is 61.8 Å². The topological polar surface area (TPSA) is 152 Å². The van der Waals surface area contributed by atoms with E-state index in [0.717, 1.165) is 6.42 Å². The summed E-state index contributed by atoms with van der Waals surface area (Å²) in [4.78, 5) is 12.9. The van der Waals surface area contributed by atoms with Crippen LogP contribution < -0.4 is 15.8 Å². The van der Waals surface area contributed by atoms with E-state index in [9.17, 15) is 13.5 Å². The molecule has 0 radical (unpaired) electrons. The van der Waals surface area contributed by atoms with Crippen LogP contribution in [0, 0.1) is 5.92 Å². The van der Waals surface area contributed by atoms with Crippen LogP contribution in [0.3, 0.4) is 0 Å². The summed E-state index contributed by atoms with van der Waals surface area (Å²) in [5.74, 6) is 0.531. The van der Waals surface area contributed by atoms with Crippen molar-refractivity contribution >= 4 is 22.2 Å². The first-order valence-electron chi connectivity index (χ1n) is 10.3. The lowest BCUT2D eigenvalue weighted by molar-refractivity contribution is 0.101. The van der Waals surface area contributed by atoms with Crippen molar-refractivity contribution < 1.29 is 17.7 Å². The predicted molar refractivity (Wildman–Crippen MR) is 115 cm³/mol. The molecular weight excluding hydrogens is 420 g/mol. The number of hydrogen-bond donors (Lipinski definition) is 4. The summed E-state index contributed by atoms with van der Waals surface area (Å²) >= 11 is 0. The highest BCUT2D eigenvalue weighted by atomic mass is 32.2. The molecule has 4 rings (SSSR count). The van der Waals surface area contributed by atoms with Crippen molar-refractivity contribution in [1.29, 1.82) is 0 Å². The Balaban J connectivity index is 1.40. The molecular formula is C20H28N6O4S. The standard InChI is InChI=1S/C20H28N6O4S/c1-20(2)9-16(14-5-3-4-6-15(14)20)25-19-23-11-22-18(26-19)24-13-7-12(17(27)8-13)10-30-31(21,28)29/h3-6,11-13,16-17,27H,7-10H2,1-2H3,(H2,21,28,29)(H2,22,23,24,25,26)/t12-,13+,16-,17-/m0/s1. The first-order valence-corrected chi connectivity index (χ1v) is 11.7. The van der Waals surface area contributed by atoms with Gasteiger partial charge in [-0.05, 0) is 35.8 Å². The largest absolute Gasteiger partial charge is 0.393 e. The smallest absolute Gasteiger partial charge is 0.333 e. The van der Waals surface area contributed by atoms with Crippen LogP contribution in [-0.2, 0) is 19.9 Å². The zero-order chi connectivity index (χ0) is 22.2. The summed E-state index contributed by atoms with van der Waals surface area (Å²) in [6.45, 7) is 4.31. The number of benzene rings is 1. The first kappa shape index (κ1) is 21.9. The molecule has 0 spiro atoms. The minimum absolute atomic E-state index is 0.0659. The number of nitrogens with one attached hydrogen (secondary N) is 2. The quantitative estimate of drug-likeness (QED) is 0.493. The van der Waals surface area contributed by atoms with E-state index in [0.29, 0.717) is 24.7 Å². The van der Waals surface area contributed by atoms with E-state index in [-0.39, 0.29) is 30.0 Å². The van der Waals surface area contributed by atoms with E-state index in [1.54, 1.807) is 0 Å². The number of anilines is 2. The van der Waals surface area contributed by atoms with Gasteiger partial charge in [-0.2, -0.15) is 13.4 Å². The molecule has 1 aromatic heterocycles. The molecule has 168 valence electrons. The van der Waals surface area contributed by atoms with Crippen molar-refractivity contribution in [2.45, 2.75) is 56.7 Å². The number of rotatable bonds is 7. The van der Waals surface area contributed by atoms with Gasteiger partial charge in [-0.3, -0.25) is 4.18 Å². The number of hydrogen-bond acceptors (Lipinski definition) is 9. The lowest BCUT2D eigenvalue weighted by Gasteiger charge is -2.19. The fraction of sp³-hybridized carbons (Fsp3) is 0.550. The van der Waals surface area contributed by atoms with Gasteiger partial charge in [0.15, 0.2) is 0 Å². The van der Waals surface area contributed by atoms with Crippen LogP contribution in [0.4, 0.5) is 11.9 Å². The van der Waals surface area contributed by atoms with Gasteiger partial charge in [-0.1, -0.05) is 38.1 Å². The summed E-state index contributed by atoms with van der Waals surface area (Å²) in [6.07, 6.45) is 2.61. The third-order valence-corrected chi connectivity index (χ3v) is 6.56. The molecule has 2 aliphatic carbocycles. The average Bonchev–Trinajstić information content (AvgIpc) is 3.16.